The fourth-order valence-corrected chi connectivity index (χ4v) is 1.84. The molecule has 1 aromatic carbocycles. The number of hydrogen-bond acceptors (Lipinski definition) is 3. The van der Waals surface area contributed by atoms with Crippen LogP contribution in [0.15, 0.2) is 63.6 Å². The number of benzene rings is 1. The molecule has 0 aliphatic heterocycles. The van der Waals surface area contributed by atoms with Gasteiger partial charge >= 0.3 is 0 Å². The minimum absolute atomic E-state index is 0.327. The SMILES string of the molecule is O=Cc1ccc(-c2cccc(-c3ccco3)c2)o1. The van der Waals surface area contributed by atoms with Crippen molar-refractivity contribution < 1.29 is 13.6 Å². The summed E-state index contributed by atoms with van der Waals surface area (Å²) in [6, 6.07) is 15.0. The zero-order chi connectivity index (χ0) is 12.4. The Hall–Kier alpha value is -2.55. The van der Waals surface area contributed by atoms with Crippen LogP contribution in [-0.2, 0) is 0 Å². The first kappa shape index (κ1) is 10.6. The maximum absolute atomic E-state index is 10.6. The largest absolute Gasteiger partial charge is 0.464 e. The van der Waals surface area contributed by atoms with Crippen molar-refractivity contribution in [2.75, 3.05) is 0 Å². The summed E-state index contributed by atoms with van der Waals surface area (Å²) in [5, 5.41) is 0. The van der Waals surface area contributed by atoms with Crippen LogP contribution in [0.25, 0.3) is 22.6 Å². The van der Waals surface area contributed by atoms with Gasteiger partial charge in [-0.05, 0) is 30.3 Å². The molecule has 0 saturated carbocycles. The van der Waals surface area contributed by atoms with Crippen LogP contribution in [-0.4, -0.2) is 6.29 Å². The summed E-state index contributed by atoms with van der Waals surface area (Å²) in [5.41, 5.74) is 1.89. The summed E-state index contributed by atoms with van der Waals surface area (Å²) in [4.78, 5) is 10.6. The Morgan fingerprint density at radius 1 is 0.889 bits per heavy atom. The van der Waals surface area contributed by atoms with Gasteiger partial charge in [0.15, 0.2) is 12.0 Å². The van der Waals surface area contributed by atoms with E-state index in [0.717, 1.165) is 16.9 Å². The molecule has 18 heavy (non-hydrogen) atoms. The molecule has 3 rings (SSSR count). The lowest BCUT2D eigenvalue weighted by Gasteiger charge is -2.00. The zero-order valence-electron chi connectivity index (χ0n) is 9.50. The number of furan rings is 2. The second-order valence-corrected chi connectivity index (χ2v) is 3.88. The van der Waals surface area contributed by atoms with Crippen molar-refractivity contribution in [1.29, 1.82) is 0 Å². The third kappa shape index (κ3) is 1.86. The Bertz CT molecular complexity index is 663. The summed E-state index contributed by atoms with van der Waals surface area (Å²) < 4.78 is 10.7. The topological polar surface area (TPSA) is 43.4 Å². The smallest absolute Gasteiger partial charge is 0.185 e. The van der Waals surface area contributed by atoms with Gasteiger partial charge in [-0.25, -0.2) is 0 Å². The molecule has 0 saturated heterocycles. The van der Waals surface area contributed by atoms with E-state index in [1.807, 2.05) is 36.4 Å². The van der Waals surface area contributed by atoms with Gasteiger partial charge in [0.05, 0.1) is 6.26 Å². The van der Waals surface area contributed by atoms with Gasteiger partial charge in [-0.2, -0.15) is 0 Å². The lowest BCUT2D eigenvalue weighted by molar-refractivity contribution is 0.110. The first-order chi connectivity index (χ1) is 8.86. The molecule has 2 heterocycles. The second kappa shape index (κ2) is 4.37. The molecule has 0 radical (unpaired) electrons. The summed E-state index contributed by atoms with van der Waals surface area (Å²) in [7, 11) is 0. The van der Waals surface area contributed by atoms with E-state index >= 15 is 0 Å². The van der Waals surface area contributed by atoms with Crippen LogP contribution in [0.2, 0.25) is 0 Å². The van der Waals surface area contributed by atoms with Gasteiger partial charge in [-0.1, -0.05) is 18.2 Å². The average Bonchev–Trinajstić information content (AvgIpc) is 3.10. The molecule has 0 spiro atoms. The van der Waals surface area contributed by atoms with E-state index in [1.54, 1.807) is 18.4 Å². The molecular weight excluding hydrogens is 228 g/mol. The van der Waals surface area contributed by atoms with Crippen LogP contribution < -0.4 is 0 Å². The minimum atomic E-state index is 0.327. The fourth-order valence-electron chi connectivity index (χ4n) is 1.84. The molecule has 0 aliphatic rings. The molecule has 0 atom stereocenters. The minimum Gasteiger partial charge on any atom is -0.464 e. The number of rotatable bonds is 3. The molecule has 0 aliphatic carbocycles. The average molecular weight is 238 g/mol. The Labute approximate surface area is 104 Å². The van der Waals surface area contributed by atoms with Crippen molar-refractivity contribution >= 4 is 6.29 Å². The van der Waals surface area contributed by atoms with Gasteiger partial charge in [0.1, 0.15) is 11.5 Å². The standard InChI is InChI=1S/C15H10O3/c16-10-13-6-7-15(18-13)12-4-1-3-11(9-12)14-5-2-8-17-14/h1-10H. The number of carbonyl (C=O) groups is 1. The normalized spacial score (nSPS) is 10.4. The van der Waals surface area contributed by atoms with Crippen LogP contribution in [0.1, 0.15) is 10.6 Å². The zero-order valence-corrected chi connectivity index (χ0v) is 9.50. The predicted molar refractivity (Wildman–Crippen MR) is 67.2 cm³/mol. The molecular formula is C15H10O3. The van der Waals surface area contributed by atoms with Gasteiger partial charge in [0, 0.05) is 11.1 Å². The van der Waals surface area contributed by atoms with Crippen molar-refractivity contribution in [2.45, 2.75) is 0 Å². The van der Waals surface area contributed by atoms with Crippen LogP contribution in [0.4, 0.5) is 0 Å². The highest BCUT2D eigenvalue weighted by molar-refractivity contribution is 5.74. The number of hydrogen-bond donors (Lipinski definition) is 0. The first-order valence-corrected chi connectivity index (χ1v) is 5.56. The van der Waals surface area contributed by atoms with Crippen molar-refractivity contribution in [3.63, 3.8) is 0 Å². The van der Waals surface area contributed by atoms with Gasteiger partial charge in [0.25, 0.3) is 0 Å². The number of aldehydes is 1. The van der Waals surface area contributed by atoms with Gasteiger partial charge in [-0.3, -0.25) is 4.79 Å². The lowest BCUT2D eigenvalue weighted by Crippen LogP contribution is -1.77. The third-order valence-corrected chi connectivity index (χ3v) is 2.70. The fraction of sp³-hybridized carbons (Fsp3) is 0. The highest BCUT2D eigenvalue weighted by atomic mass is 16.3. The van der Waals surface area contributed by atoms with Crippen molar-refractivity contribution in [1.82, 2.24) is 0 Å². The Morgan fingerprint density at radius 2 is 1.72 bits per heavy atom. The summed E-state index contributed by atoms with van der Waals surface area (Å²) >= 11 is 0. The molecule has 3 nitrogen and oxygen atoms in total. The molecule has 3 aromatic rings. The maximum Gasteiger partial charge on any atom is 0.185 e. The number of carbonyl (C=O) groups excluding carboxylic acids is 1. The Kier molecular flexibility index (Phi) is 2.57. The molecule has 0 fully saturated rings. The molecule has 0 amide bonds. The highest BCUT2D eigenvalue weighted by Crippen LogP contribution is 2.27. The van der Waals surface area contributed by atoms with E-state index in [4.69, 9.17) is 8.83 Å². The van der Waals surface area contributed by atoms with E-state index in [1.165, 1.54) is 0 Å². The molecule has 0 unspecified atom stereocenters. The molecule has 2 aromatic heterocycles. The van der Waals surface area contributed by atoms with Gasteiger partial charge in [0.2, 0.25) is 0 Å². The Balaban J connectivity index is 2.03. The quantitative estimate of drug-likeness (QED) is 0.647. The maximum atomic E-state index is 10.6. The van der Waals surface area contributed by atoms with Crippen LogP contribution >= 0.6 is 0 Å². The van der Waals surface area contributed by atoms with Gasteiger partial charge in [-0.15, -0.1) is 0 Å². The Morgan fingerprint density at radius 3 is 2.39 bits per heavy atom. The van der Waals surface area contributed by atoms with Crippen LogP contribution in [0.3, 0.4) is 0 Å². The summed E-state index contributed by atoms with van der Waals surface area (Å²) in [5.74, 6) is 1.80. The third-order valence-electron chi connectivity index (χ3n) is 2.70. The van der Waals surface area contributed by atoms with Crippen molar-refractivity contribution in [3.05, 3.63) is 60.6 Å². The second-order valence-electron chi connectivity index (χ2n) is 3.88. The monoisotopic (exact) mass is 238 g/mol. The van der Waals surface area contributed by atoms with Crippen LogP contribution in [0.5, 0.6) is 0 Å². The molecule has 88 valence electrons. The van der Waals surface area contributed by atoms with E-state index in [-0.39, 0.29) is 0 Å². The van der Waals surface area contributed by atoms with E-state index in [0.29, 0.717) is 17.8 Å². The summed E-state index contributed by atoms with van der Waals surface area (Å²) in [6.07, 6.45) is 2.33. The van der Waals surface area contributed by atoms with E-state index in [9.17, 15) is 4.79 Å². The lowest BCUT2D eigenvalue weighted by atomic mass is 10.1. The van der Waals surface area contributed by atoms with Crippen molar-refractivity contribution in [3.8, 4) is 22.6 Å². The summed E-state index contributed by atoms with van der Waals surface area (Å²) in [6.45, 7) is 0. The first-order valence-electron chi connectivity index (χ1n) is 5.56. The molecule has 0 bridgehead atoms. The van der Waals surface area contributed by atoms with E-state index in [2.05, 4.69) is 0 Å². The van der Waals surface area contributed by atoms with Crippen LogP contribution in [0, 0.1) is 0 Å². The van der Waals surface area contributed by atoms with E-state index < -0.39 is 0 Å². The molecule has 0 N–H and O–H groups in total. The predicted octanol–water partition coefficient (Wildman–Crippen LogP) is 4.02. The highest BCUT2D eigenvalue weighted by Gasteiger charge is 2.06. The van der Waals surface area contributed by atoms with Crippen molar-refractivity contribution in [2.24, 2.45) is 0 Å². The van der Waals surface area contributed by atoms with Gasteiger partial charge < -0.3 is 8.83 Å². The molecule has 3 heteroatoms.